The fraction of sp³-hybridized carbons (Fsp3) is 0.400. The van der Waals surface area contributed by atoms with Gasteiger partial charge in [-0.1, -0.05) is 28.1 Å². The maximum atomic E-state index is 5.42. The molecule has 4 nitrogen and oxygen atoms in total. The fourth-order valence-corrected chi connectivity index (χ4v) is 2.65. The smallest absolute Gasteiger partial charge is 0.136 e. The fourth-order valence-electron chi connectivity index (χ4n) is 2.22. The minimum atomic E-state index is 0.676. The number of nitrogens with zero attached hydrogens (tertiary/aromatic N) is 2. The summed E-state index contributed by atoms with van der Waals surface area (Å²) in [5.41, 5.74) is 0. The van der Waals surface area contributed by atoms with Crippen molar-refractivity contribution in [3.8, 4) is 5.75 Å². The standard InChI is InChI=1S/C15H19BrN2O2/c1-19-11-10-18(9-7-16)15-13-4-3-5-14(20-2)12(13)6-8-17-15/h3-6,8H,7,9-11H2,1-2H3. The van der Waals surface area contributed by atoms with Crippen LogP contribution >= 0.6 is 15.9 Å². The number of benzene rings is 1. The molecule has 0 aliphatic carbocycles. The van der Waals surface area contributed by atoms with Crippen LogP contribution in [0, 0.1) is 0 Å². The lowest BCUT2D eigenvalue weighted by Gasteiger charge is -2.24. The van der Waals surface area contributed by atoms with E-state index in [0.29, 0.717) is 6.61 Å². The number of aromatic nitrogens is 1. The molecule has 0 N–H and O–H groups in total. The van der Waals surface area contributed by atoms with E-state index in [-0.39, 0.29) is 0 Å². The molecule has 1 aromatic carbocycles. The summed E-state index contributed by atoms with van der Waals surface area (Å²) in [6.07, 6.45) is 1.83. The molecule has 5 heteroatoms. The van der Waals surface area contributed by atoms with Crippen molar-refractivity contribution in [2.75, 3.05) is 44.1 Å². The second-order valence-electron chi connectivity index (χ2n) is 4.36. The van der Waals surface area contributed by atoms with E-state index in [2.05, 4.69) is 31.9 Å². The molecule has 0 spiro atoms. The van der Waals surface area contributed by atoms with Crippen molar-refractivity contribution in [1.29, 1.82) is 0 Å². The van der Waals surface area contributed by atoms with Gasteiger partial charge in [-0.25, -0.2) is 4.98 Å². The first kappa shape index (κ1) is 15.1. The molecule has 1 heterocycles. The topological polar surface area (TPSA) is 34.6 Å². The van der Waals surface area contributed by atoms with Crippen LogP contribution in [0.25, 0.3) is 10.8 Å². The summed E-state index contributed by atoms with van der Waals surface area (Å²) in [6.45, 7) is 2.37. The average Bonchev–Trinajstić information content (AvgIpc) is 2.50. The first-order valence-electron chi connectivity index (χ1n) is 6.53. The monoisotopic (exact) mass is 338 g/mol. The Kier molecular flexibility index (Phi) is 5.61. The van der Waals surface area contributed by atoms with Crippen molar-refractivity contribution in [2.45, 2.75) is 0 Å². The van der Waals surface area contributed by atoms with E-state index < -0.39 is 0 Å². The lowest BCUT2D eigenvalue weighted by atomic mass is 10.1. The predicted octanol–water partition coefficient (Wildman–Crippen LogP) is 3.09. The van der Waals surface area contributed by atoms with E-state index in [0.717, 1.165) is 40.8 Å². The Labute approximate surface area is 127 Å². The third-order valence-electron chi connectivity index (χ3n) is 3.18. The Morgan fingerprint density at radius 3 is 2.70 bits per heavy atom. The first-order chi connectivity index (χ1) is 9.81. The Balaban J connectivity index is 2.46. The van der Waals surface area contributed by atoms with Gasteiger partial charge in [-0.3, -0.25) is 0 Å². The van der Waals surface area contributed by atoms with Crippen molar-refractivity contribution in [2.24, 2.45) is 0 Å². The molecule has 20 heavy (non-hydrogen) atoms. The van der Waals surface area contributed by atoms with E-state index in [1.807, 2.05) is 24.4 Å². The van der Waals surface area contributed by atoms with Crippen molar-refractivity contribution < 1.29 is 9.47 Å². The van der Waals surface area contributed by atoms with Crippen LogP contribution in [0.3, 0.4) is 0 Å². The molecule has 0 amide bonds. The van der Waals surface area contributed by atoms with Crippen molar-refractivity contribution in [1.82, 2.24) is 4.98 Å². The van der Waals surface area contributed by atoms with Gasteiger partial charge in [-0.2, -0.15) is 0 Å². The highest BCUT2D eigenvalue weighted by atomic mass is 79.9. The lowest BCUT2D eigenvalue weighted by Crippen LogP contribution is -2.30. The summed E-state index contributed by atoms with van der Waals surface area (Å²) in [4.78, 5) is 6.77. The van der Waals surface area contributed by atoms with Crippen LogP contribution in [0.2, 0.25) is 0 Å². The predicted molar refractivity (Wildman–Crippen MR) is 86.2 cm³/mol. The number of hydrogen-bond acceptors (Lipinski definition) is 4. The number of halogens is 1. The SMILES string of the molecule is COCCN(CCBr)c1nccc2c(OC)cccc12. The van der Waals surface area contributed by atoms with E-state index in [9.17, 15) is 0 Å². The zero-order chi connectivity index (χ0) is 14.4. The van der Waals surface area contributed by atoms with Gasteiger partial charge in [0.05, 0.1) is 13.7 Å². The van der Waals surface area contributed by atoms with E-state index >= 15 is 0 Å². The van der Waals surface area contributed by atoms with Crippen molar-refractivity contribution in [3.05, 3.63) is 30.5 Å². The number of pyridine rings is 1. The molecule has 0 saturated carbocycles. The number of fused-ring (bicyclic) bond motifs is 1. The van der Waals surface area contributed by atoms with Crippen molar-refractivity contribution in [3.63, 3.8) is 0 Å². The molecule has 0 unspecified atom stereocenters. The van der Waals surface area contributed by atoms with Gasteiger partial charge in [0.1, 0.15) is 11.6 Å². The summed E-state index contributed by atoms with van der Waals surface area (Å²) in [6, 6.07) is 8.03. The highest BCUT2D eigenvalue weighted by molar-refractivity contribution is 9.09. The molecule has 108 valence electrons. The Morgan fingerprint density at radius 1 is 1.15 bits per heavy atom. The van der Waals surface area contributed by atoms with Crippen LogP contribution in [-0.2, 0) is 4.74 Å². The van der Waals surface area contributed by atoms with Gasteiger partial charge in [0.25, 0.3) is 0 Å². The number of alkyl halides is 1. The van der Waals surface area contributed by atoms with Crippen LogP contribution < -0.4 is 9.64 Å². The second kappa shape index (κ2) is 7.45. The largest absolute Gasteiger partial charge is 0.496 e. The summed E-state index contributed by atoms with van der Waals surface area (Å²) < 4.78 is 10.6. The third-order valence-corrected chi connectivity index (χ3v) is 3.54. The van der Waals surface area contributed by atoms with Gasteiger partial charge in [-0.05, 0) is 12.1 Å². The van der Waals surface area contributed by atoms with Gasteiger partial charge in [0.15, 0.2) is 0 Å². The number of rotatable bonds is 7. The number of methoxy groups -OCH3 is 2. The van der Waals surface area contributed by atoms with Gasteiger partial charge < -0.3 is 14.4 Å². The zero-order valence-electron chi connectivity index (χ0n) is 11.8. The molecule has 1 aromatic heterocycles. The molecule has 0 aliphatic heterocycles. The van der Waals surface area contributed by atoms with Crippen LogP contribution in [-0.4, -0.2) is 44.2 Å². The summed E-state index contributed by atoms with van der Waals surface area (Å²) in [7, 11) is 3.40. The van der Waals surface area contributed by atoms with Crippen LogP contribution in [0.15, 0.2) is 30.5 Å². The lowest BCUT2D eigenvalue weighted by molar-refractivity contribution is 0.205. The molecule has 0 saturated heterocycles. The van der Waals surface area contributed by atoms with Gasteiger partial charge in [0.2, 0.25) is 0 Å². The number of anilines is 1. The number of hydrogen-bond donors (Lipinski definition) is 0. The van der Waals surface area contributed by atoms with Crippen molar-refractivity contribution >= 4 is 32.5 Å². The molecule has 0 atom stereocenters. The van der Waals surface area contributed by atoms with Gasteiger partial charge in [-0.15, -0.1) is 0 Å². The summed E-state index contributed by atoms with van der Waals surface area (Å²) in [5, 5.41) is 3.07. The minimum absolute atomic E-state index is 0.676. The van der Waals surface area contributed by atoms with Crippen LogP contribution in [0.5, 0.6) is 5.75 Å². The molecule has 0 bridgehead atoms. The van der Waals surface area contributed by atoms with Gasteiger partial charge in [0, 0.05) is 42.5 Å². The molecule has 0 radical (unpaired) electrons. The Morgan fingerprint density at radius 2 is 2.00 bits per heavy atom. The van der Waals surface area contributed by atoms with Crippen LogP contribution in [0.4, 0.5) is 5.82 Å². The van der Waals surface area contributed by atoms with E-state index in [1.165, 1.54) is 0 Å². The molecule has 2 rings (SSSR count). The third kappa shape index (κ3) is 3.22. The average molecular weight is 339 g/mol. The number of ether oxygens (including phenoxy) is 2. The molecular formula is C15H19BrN2O2. The molecular weight excluding hydrogens is 320 g/mol. The Hall–Kier alpha value is -1.33. The van der Waals surface area contributed by atoms with Crippen LogP contribution in [0.1, 0.15) is 0 Å². The Bertz CT molecular complexity index is 563. The normalized spacial score (nSPS) is 10.8. The zero-order valence-corrected chi connectivity index (χ0v) is 13.4. The molecule has 0 fully saturated rings. The minimum Gasteiger partial charge on any atom is -0.496 e. The highest BCUT2D eigenvalue weighted by Crippen LogP contribution is 2.30. The maximum Gasteiger partial charge on any atom is 0.136 e. The maximum absolute atomic E-state index is 5.42. The quantitative estimate of drug-likeness (QED) is 0.726. The van der Waals surface area contributed by atoms with E-state index in [1.54, 1.807) is 14.2 Å². The highest BCUT2D eigenvalue weighted by Gasteiger charge is 2.12. The van der Waals surface area contributed by atoms with E-state index in [4.69, 9.17) is 9.47 Å². The first-order valence-corrected chi connectivity index (χ1v) is 7.65. The van der Waals surface area contributed by atoms with Gasteiger partial charge >= 0.3 is 0 Å². The second-order valence-corrected chi connectivity index (χ2v) is 5.15. The molecule has 2 aromatic rings. The molecule has 0 aliphatic rings. The summed E-state index contributed by atoms with van der Waals surface area (Å²) in [5.74, 6) is 1.84. The summed E-state index contributed by atoms with van der Waals surface area (Å²) >= 11 is 3.50.